The topological polar surface area (TPSA) is 45.0 Å². The maximum Gasteiger partial charge on any atom is 0.242 e. The van der Waals surface area contributed by atoms with Crippen LogP contribution in [0.2, 0.25) is 0 Å². The zero-order valence-corrected chi connectivity index (χ0v) is 17.0. The van der Waals surface area contributed by atoms with Crippen LogP contribution in [0, 0.1) is 5.82 Å². The van der Waals surface area contributed by atoms with E-state index in [9.17, 15) is 9.18 Å². The molecule has 4 rings (SSSR count). The predicted octanol–water partition coefficient (Wildman–Crippen LogP) is 4.90. The first-order valence-electron chi connectivity index (χ1n) is 9.61. The highest BCUT2D eigenvalue weighted by molar-refractivity contribution is 8.15. The van der Waals surface area contributed by atoms with Gasteiger partial charge in [-0.15, -0.1) is 5.10 Å². The van der Waals surface area contributed by atoms with Gasteiger partial charge in [0.15, 0.2) is 5.17 Å². The van der Waals surface area contributed by atoms with Crippen LogP contribution in [0.4, 0.5) is 4.39 Å². The van der Waals surface area contributed by atoms with Crippen molar-refractivity contribution >= 4 is 29.1 Å². The molecule has 150 valence electrons. The molecule has 1 aliphatic rings. The van der Waals surface area contributed by atoms with Crippen molar-refractivity contribution in [2.24, 2.45) is 10.2 Å². The van der Waals surface area contributed by atoms with Gasteiger partial charge in [0.2, 0.25) is 5.91 Å². The zero-order valence-electron chi connectivity index (χ0n) is 16.2. The number of hydrogen-bond acceptors (Lipinski definition) is 4. The van der Waals surface area contributed by atoms with Crippen molar-refractivity contribution in [2.75, 3.05) is 0 Å². The Balaban J connectivity index is 1.56. The monoisotopic (exact) mass is 417 g/mol. The van der Waals surface area contributed by atoms with Gasteiger partial charge in [0.05, 0.1) is 18.0 Å². The maximum atomic E-state index is 13.2. The summed E-state index contributed by atoms with van der Waals surface area (Å²) in [6.07, 6.45) is 2.18. The number of carbonyl (C=O) groups excluding carboxylic acids is 1. The van der Waals surface area contributed by atoms with Gasteiger partial charge in [0, 0.05) is 0 Å². The molecular formula is C24H20FN3OS. The van der Waals surface area contributed by atoms with E-state index in [0.717, 1.165) is 16.7 Å². The van der Waals surface area contributed by atoms with Gasteiger partial charge < -0.3 is 0 Å². The molecule has 3 aromatic rings. The lowest BCUT2D eigenvalue weighted by Crippen LogP contribution is -2.32. The fourth-order valence-corrected chi connectivity index (χ4v) is 4.28. The van der Waals surface area contributed by atoms with Crippen LogP contribution in [0.15, 0.2) is 95.1 Å². The molecule has 1 fully saturated rings. The Hall–Kier alpha value is -3.25. The lowest BCUT2D eigenvalue weighted by Gasteiger charge is -2.16. The average molecular weight is 418 g/mol. The zero-order chi connectivity index (χ0) is 20.8. The van der Waals surface area contributed by atoms with Gasteiger partial charge in [-0.05, 0) is 35.2 Å². The minimum absolute atomic E-state index is 0.0122. The van der Waals surface area contributed by atoms with Crippen LogP contribution >= 0.6 is 11.8 Å². The highest BCUT2D eigenvalue weighted by Crippen LogP contribution is 2.31. The van der Waals surface area contributed by atoms with Gasteiger partial charge in [0.1, 0.15) is 5.82 Å². The normalized spacial score (nSPS) is 17.9. The van der Waals surface area contributed by atoms with Gasteiger partial charge in [-0.1, -0.05) is 84.6 Å². The van der Waals surface area contributed by atoms with Crippen LogP contribution < -0.4 is 0 Å². The van der Waals surface area contributed by atoms with E-state index >= 15 is 0 Å². The fourth-order valence-electron chi connectivity index (χ4n) is 3.15. The van der Waals surface area contributed by atoms with Crippen LogP contribution in [0.3, 0.4) is 0 Å². The Morgan fingerprint density at radius 2 is 1.57 bits per heavy atom. The van der Waals surface area contributed by atoms with E-state index in [1.165, 1.54) is 23.9 Å². The van der Waals surface area contributed by atoms with E-state index in [1.54, 1.807) is 23.2 Å². The Morgan fingerprint density at radius 1 is 0.900 bits per heavy atom. The summed E-state index contributed by atoms with van der Waals surface area (Å²) in [4.78, 5) is 14.8. The largest absolute Gasteiger partial charge is 0.284 e. The van der Waals surface area contributed by atoms with Crippen molar-refractivity contribution in [1.29, 1.82) is 0 Å². The molecule has 1 saturated heterocycles. The Morgan fingerprint density at radius 3 is 2.27 bits per heavy atom. The summed E-state index contributed by atoms with van der Waals surface area (Å²) >= 11 is 1.40. The molecule has 1 amide bonds. The number of benzene rings is 3. The lowest BCUT2D eigenvalue weighted by atomic mass is 10.1. The van der Waals surface area contributed by atoms with Crippen LogP contribution in [0.1, 0.15) is 16.7 Å². The van der Waals surface area contributed by atoms with Crippen molar-refractivity contribution in [3.05, 3.63) is 107 Å². The Kier molecular flexibility index (Phi) is 6.35. The minimum atomic E-state index is -0.315. The second-order valence-corrected chi connectivity index (χ2v) is 8.05. The maximum absolute atomic E-state index is 13.2. The van der Waals surface area contributed by atoms with Gasteiger partial charge in [-0.2, -0.15) is 5.10 Å². The van der Waals surface area contributed by atoms with Crippen LogP contribution in [-0.4, -0.2) is 27.4 Å². The Bertz CT molecular complexity index is 1050. The molecule has 30 heavy (non-hydrogen) atoms. The van der Waals surface area contributed by atoms with Crippen molar-refractivity contribution in [2.45, 2.75) is 18.2 Å². The number of amidine groups is 1. The molecule has 1 unspecified atom stereocenters. The molecule has 0 bridgehead atoms. The first kappa shape index (κ1) is 20.0. The highest BCUT2D eigenvalue weighted by atomic mass is 32.2. The SMILES string of the molecule is O=C1C(Cc2ccc(F)cc2)S/C(=N/N=C/c2ccccc2)N1Cc1ccccc1. The van der Waals surface area contributed by atoms with E-state index in [1.807, 2.05) is 60.7 Å². The quantitative estimate of drug-likeness (QED) is 0.423. The third kappa shape index (κ3) is 5.02. The summed E-state index contributed by atoms with van der Waals surface area (Å²) in [5.41, 5.74) is 2.87. The number of rotatable bonds is 6. The average Bonchev–Trinajstić information content (AvgIpc) is 3.06. The van der Waals surface area contributed by atoms with E-state index in [4.69, 9.17) is 0 Å². The molecule has 0 aliphatic carbocycles. The van der Waals surface area contributed by atoms with Crippen molar-refractivity contribution in [3.8, 4) is 0 Å². The van der Waals surface area contributed by atoms with Crippen molar-refractivity contribution < 1.29 is 9.18 Å². The summed E-state index contributed by atoms with van der Waals surface area (Å²) in [5, 5.41) is 8.81. The summed E-state index contributed by atoms with van der Waals surface area (Å²) in [5.74, 6) is -0.297. The molecule has 0 saturated carbocycles. The second kappa shape index (κ2) is 9.50. The molecule has 0 N–H and O–H groups in total. The Labute approximate surface area is 179 Å². The molecular weight excluding hydrogens is 397 g/mol. The van der Waals surface area contributed by atoms with Crippen LogP contribution in [-0.2, 0) is 17.8 Å². The molecule has 1 atom stereocenters. The molecule has 1 aliphatic heterocycles. The number of carbonyl (C=O) groups is 1. The highest BCUT2D eigenvalue weighted by Gasteiger charge is 2.38. The summed E-state index contributed by atoms with van der Waals surface area (Å²) in [6.45, 7) is 0.437. The minimum Gasteiger partial charge on any atom is -0.284 e. The molecule has 0 radical (unpaired) electrons. The third-order valence-electron chi connectivity index (χ3n) is 4.69. The van der Waals surface area contributed by atoms with Crippen molar-refractivity contribution in [1.82, 2.24) is 4.90 Å². The van der Waals surface area contributed by atoms with Gasteiger partial charge >= 0.3 is 0 Å². The van der Waals surface area contributed by atoms with Gasteiger partial charge in [-0.25, -0.2) is 4.39 Å². The molecule has 0 aromatic heterocycles. The lowest BCUT2D eigenvalue weighted by molar-refractivity contribution is -0.126. The fraction of sp³-hybridized carbons (Fsp3) is 0.125. The van der Waals surface area contributed by atoms with Crippen LogP contribution in [0.5, 0.6) is 0 Å². The second-order valence-electron chi connectivity index (χ2n) is 6.88. The summed E-state index contributed by atoms with van der Waals surface area (Å²) in [6, 6.07) is 25.8. The summed E-state index contributed by atoms with van der Waals surface area (Å²) < 4.78 is 13.2. The molecule has 3 aromatic carbocycles. The van der Waals surface area contributed by atoms with E-state index in [0.29, 0.717) is 18.1 Å². The molecule has 0 spiro atoms. The third-order valence-corrected chi connectivity index (χ3v) is 5.85. The van der Waals surface area contributed by atoms with E-state index < -0.39 is 0 Å². The first-order valence-corrected chi connectivity index (χ1v) is 10.5. The number of halogens is 1. The van der Waals surface area contributed by atoms with Gasteiger partial charge in [-0.3, -0.25) is 9.69 Å². The van der Waals surface area contributed by atoms with Crippen molar-refractivity contribution in [3.63, 3.8) is 0 Å². The number of hydrogen-bond donors (Lipinski definition) is 0. The number of amides is 1. The number of thioether (sulfide) groups is 1. The standard InChI is InChI=1S/C24H20FN3OS/c25-21-13-11-18(12-14-21)15-22-23(29)28(17-20-9-5-2-6-10-20)24(30-22)27-26-16-19-7-3-1-4-8-19/h1-14,16,22H,15,17H2/b26-16+,27-24+. The van der Waals surface area contributed by atoms with Gasteiger partial charge in [0.25, 0.3) is 0 Å². The molecule has 4 nitrogen and oxygen atoms in total. The summed E-state index contributed by atoms with van der Waals surface area (Å²) in [7, 11) is 0. The molecule has 1 heterocycles. The predicted molar refractivity (Wildman–Crippen MR) is 120 cm³/mol. The smallest absolute Gasteiger partial charge is 0.242 e. The van der Waals surface area contributed by atoms with E-state index in [2.05, 4.69) is 10.2 Å². The van der Waals surface area contributed by atoms with Crippen LogP contribution in [0.25, 0.3) is 0 Å². The number of nitrogens with zero attached hydrogens (tertiary/aromatic N) is 3. The van der Waals surface area contributed by atoms with E-state index in [-0.39, 0.29) is 17.0 Å². The molecule has 6 heteroatoms. The first-order chi connectivity index (χ1) is 14.7.